The third-order valence-electron chi connectivity index (χ3n) is 3.89. The van der Waals surface area contributed by atoms with Crippen LogP contribution in [0.1, 0.15) is 28.5 Å². The first-order valence-electron chi connectivity index (χ1n) is 8.01. The van der Waals surface area contributed by atoms with Crippen molar-refractivity contribution in [1.82, 2.24) is 4.98 Å². The third-order valence-corrected chi connectivity index (χ3v) is 5.24. The van der Waals surface area contributed by atoms with Gasteiger partial charge >= 0.3 is 12.2 Å². The molecule has 0 atom stereocenters. The van der Waals surface area contributed by atoms with Crippen LogP contribution in [0, 0.1) is 0 Å². The Morgan fingerprint density at radius 1 is 1.18 bits per heavy atom. The maximum Gasteiger partial charge on any atom is 0.388 e. The summed E-state index contributed by atoms with van der Waals surface area (Å²) in [7, 11) is 1.42. The van der Waals surface area contributed by atoms with E-state index in [2.05, 4.69) is 36.3 Å². The minimum Gasteiger partial charge on any atom is -0.386 e. The van der Waals surface area contributed by atoms with Gasteiger partial charge in [-0.25, -0.2) is 9.72 Å². The molecule has 0 saturated heterocycles. The van der Waals surface area contributed by atoms with Gasteiger partial charge in [0.2, 0.25) is 0 Å². The summed E-state index contributed by atoms with van der Waals surface area (Å²) in [6.45, 7) is 1.90. The number of nitrogens with one attached hydrogen (secondary N) is 2. The first-order valence-corrected chi connectivity index (χ1v) is 9.79. The zero-order valence-electron chi connectivity index (χ0n) is 14.6. The number of carbonyl (C=O) groups is 1. The second kappa shape index (κ2) is 7.53. The normalized spacial score (nSPS) is 16.5. The fourth-order valence-electron chi connectivity index (χ4n) is 2.70. The topological polar surface area (TPSA) is 63.2 Å². The summed E-state index contributed by atoms with van der Waals surface area (Å²) in [4.78, 5) is 17.3. The predicted octanol–water partition coefficient (Wildman–Crippen LogP) is 5.38. The number of hydrogen-bond donors (Lipinski definition) is 2. The van der Waals surface area contributed by atoms with Gasteiger partial charge in [0.1, 0.15) is 5.69 Å². The van der Waals surface area contributed by atoms with Gasteiger partial charge in [0.15, 0.2) is 0 Å². The van der Waals surface area contributed by atoms with Crippen molar-refractivity contribution in [3.63, 3.8) is 0 Å². The molecule has 3 rings (SSSR count). The van der Waals surface area contributed by atoms with Crippen molar-refractivity contribution in [1.29, 1.82) is 0 Å². The summed E-state index contributed by atoms with van der Waals surface area (Å²) in [5, 5.41) is 5.08. The number of anilines is 2. The number of hydrogen-bond acceptors (Lipinski definition) is 5. The maximum atomic E-state index is 13.9. The number of benzene rings is 1. The van der Waals surface area contributed by atoms with Gasteiger partial charge in [-0.2, -0.15) is 17.6 Å². The summed E-state index contributed by atoms with van der Waals surface area (Å²) in [5.74, 6) is 0.0198. The molecule has 1 aromatic carbocycles. The molecule has 0 unspecified atom stereocenters. The lowest BCUT2D eigenvalue weighted by Gasteiger charge is -2.15. The Morgan fingerprint density at radius 2 is 1.79 bits per heavy atom. The Labute approximate surface area is 170 Å². The molecular weight excluding hydrogens is 466 g/mol. The Balaban J connectivity index is 2.01. The number of nitrogens with zero attached hydrogens (tertiary/aromatic N) is 1. The van der Waals surface area contributed by atoms with Crippen LogP contribution in [0.2, 0.25) is 0 Å². The lowest BCUT2D eigenvalue weighted by molar-refractivity contribution is -0.369. The van der Waals surface area contributed by atoms with Crippen LogP contribution in [0.4, 0.5) is 28.9 Å². The Bertz CT molecular complexity index is 943. The summed E-state index contributed by atoms with van der Waals surface area (Å²) in [6, 6.07) is 3.33. The highest BCUT2D eigenvalue weighted by Crippen LogP contribution is 2.52. The van der Waals surface area contributed by atoms with Crippen LogP contribution in [0.15, 0.2) is 33.8 Å². The van der Waals surface area contributed by atoms with E-state index in [-0.39, 0.29) is 17.1 Å². The van der Waals surface area contributed by atoms with Crippen molar-refractivity contribution in [2.75, 3.05) is 23.4 Å². The summed E-state index contributed by atoms with van der Waals surface area (Å²) >= 11 is 4.65. The number of rotatable bonds is 5. The average Bonchev–Trinajstić information content (AvgIpc) is 2.78. The van der Waals surface area contributed by atoms with Crippen molar-refractivity contribution < 1.29 is 27.1 Å². The molecule has 0 aliphatic carbocycles. The van der Waals surface area contributed by atoms with E-state index in [1.54, 1.807) is 6.07 Å². The number of alkyl halides is 4. The lowest BCUT2D eigenvalue weighted by Crippen LogP contribution is -2.18. The summed E-state index contributed by atoms with van der Waals surface area (Å²) < 4.78 is 59.5. The molecule has 1 aliphatic rings. The molecule has 5 nitrogen and oxygen atoms in total. The molecule has 2 aromatic rings. The van der Waals surface area contributed by atoms with E-state index in [9.17, 15) is 22.4 Å². The van der Waals surface area contributed by atoms with Crippen molar-refractivity contribution in [3.05, 3.63) is 45.7 Å². The smallest absolute Gasteiger partial charge is 0.386 e. The van der Waals surface area contributed by atoms with Crippen LogP contribution < -0.4 is 10.6 Å². The average molecular weight is 480 g/mol. The third kappa shape index (κ3) is 3.83. The highest BCUT2D eigenvalue weighted by molar-refractivity contribution is 9.10. The number of thioether (sulfide) groups is 1. The quantitative estimate of drug-likeness (QED) is 0.445. The van der Waals surface area contributed by atoms with Gasteiger partial charge in [0.05, 0.1) is 22.5 Å². The van der Waals surface area contributed by atoms with Crippen LogP contribution in [-0.4, -0.2) is 23.7 Å². The van der Waals surface area contributed by atoms with E-state index in [0.29, 0.717) is 15.1 Å². The van der Waals surface area contributed by atoms with Crippen molar-refractivity contribution in [3.8, 4) is 0 Å². The number of fused-ring (bicyclic) bond motifs is 1. The maximum absolute atomic E-state index is 13.9. The first kappa shape index (κ1) is 20.9. The summed E-state index contributed by atoms with van der Waals surface area (Å²) in [5.41, 5.74) is -1.92. The van der Waals surface area contributed by atoms with E-state index in [0.717, 1.165) is 12.1 Å². The highest BCUT2D eigenvalue weighted by Gasteiger charge is 2.57. The second-order valence-corrected chi connectivity index (χ2v) is 7.94. The van der Waals surface area contributed by atoms with Gasteiger partial charge in [-0.15, -0.1) is 11.8 Å². The molecule has 1 amide bonds. The SMILES string of the molecule is CCSc1cc(Br)cnc1C(=O)Nc1cc2c(cc1NC)C(F)(F)OC2(F)F. The van der Waals surface area contributed by atoms with Crippen LogP contribution in [0.3, 0.4) is 0 Å². The van der Waals surface area contributed by atoms with Crippen molar-refractivity contribution in [2.45, 2.75) is 24.0 Å². The van der Waals surface area contributed by atoms with Gasteiger partial charge in [0, 0.05) is 22.6 Å². The molecule has 11 heteroatoms. The molecule has 28 heavy (non-hydrogen) atoms. The fourth-order valence-corrected chi connectivity index (χ4v) is 3.99. The van der Waals surface area contributed by atoms with Gasteiger partial charge in [-0.1, -0.05) is 6.92 Å². The molecular formula is C17H14BrF4N3O2S. The second-order valence-electron chi connectivity index (χ2n) is 5.72. The number of pyridine rings is 1. The Hall–Kier alpha value is -1.85. The molecule has 0 fully saturated rings. The van der Waals surface area contributed by atoms with E-state index < -0.39 is 29.3 Å². The molecule has 1 aliphatic heterocycles. The monoisotopic (exact) mass is 479 g/mol. The highest BCUT2D eigenvalue weighted by atomic mass is 79.9. The van der Waals surface area contributed by atoms with Crippen LogP contribution in [0.5, 0.6) is 0 Å². The van der Waals surface area contributed by atoms with E-state index in [4.69, 9.17) is 0 Å². The van der Waals surface area contributed by atoms with Gasteiger partial charge in [0.25, 0.3) is 5.91 Å². The number of ether oxygens (including phenoxy) is 1. The van der Waals surface area contributed by atoms with Crippen molar-refractivity contribution >= 4 is 45.0 Å². The molecule has 1 aromatic heterocycles. The number of amides is 1. The van der Waals surface area contributed by atoms with Gasteiger partial charge in [-0.05, 0) is 39.9 Å². The van der Waals surface area contributed by atoms with Crippen LogP contribution in [0.25, 0.3) is 0 Å². The summed E-state index contributed by atoms with van der Waals surface area (Å²) in [6.07, 6.45) is -6.88. The van der Waals surface area contributed by atoms with Crippen molar-refractivity contribution in [2.24, 2.45) is 0 Å². The molecule has 0 bridgehead atoms. The minimum atomic E-state index is -4.18. The molecule has 2 heterocycles. The van der Waals surface area contributed by atoms with Crippen LogP contribution >= 0.6 is 27.7 Å². The van der Waals surface area contributed by atoms with Gasteiger partial charge < -0.3 is 10.6 Å². The molecule has 0 spiro atoms. The van der Waals surface area contributed by atoms with E-state index in [1.165, 1.54) is 25.0 Å². The van der Waals surface area contributed by atoms with E-state index in [1.807, 2.05) is 6.92 Å². The first-order chi connectivity index (χ1) is 13.1. The zero-order chi connectivity index (χ0) is 20.7. The fraction of sp³-hybridized carbons (Fsp3) is 0.294. The Morgan fingerprint density at radius 3 is 2.36 bits per heavy atom. The molecule has 0 saturated carbocycles. The van der Waals surface area contributed by atoms with E-state index >= 15 is 0 Å². The van der Waals surface area contributed by atoms with Crippen LogP contribution in [-0.2, 0) is 17.0 Å². The number of carbonyl (C=O) groups excluding carboxylic acids is 1. The number of halogens is 5. The Kier molecular flexibility index (Phi) is 5.61. The molecule has 0 radical (unpaired) electrons. The standard InChI is InChI=1S/C17H14BrF4N3O2S/c1-3-28-13-4-8(18)7-24-14(13)15(26)25-12-6-10-9(5-11(12)23-2)16(19,20)27-17(10,21)22/h4-7,23H,3H2,1-2H3,(H,25,26). The predicted molar refractivity (Wildman–Crippen MR) is 101 cm³/mol. The molecule has 2 N–H and O–H groups in total. The minimum absolute atomic E-state index is 0.0369. The van der Waals surface area contributed by atoms with Gasteiger partial charge in [-0.3, -0.25) is 4.79 Å². The lowest BCUT2D eigenvalue weighted by atomic mass is 10.0. The number of aromatic nitrogens is 1. The molecule has 150 valence electrons. The zero-order valence-corrected chi connectivity index (χ0v) is 17.0. The largest absolute Gasteiger partial charge is 0.388 e.